The van der Waals surface area contributed by atoms with Gasteiger partial charge in [-0.05, 0) is 31.0 Å². The summed E-state index contributed by atoms with van der Waals surface area (Å²) in [6, 6.07) is 4.39. The maximum Gasteiger partial charge on any atom is 0.240 e. The number of rotatable bonds is 4. The quantitative estimate of drug-likeness (QED) is 0.881. The molecule has 1 aromatic rings. The molecule has 1 aliphatic heterocycles. The Hall–Kier alpha value is -1.42. The molecule has 0 bridgehead atoms. The second kappa shape index (κ2) is 5.48. The molecule has 4 heteroatoms. The predicted molar refractivity (Wildman–Crippen MR) is 71.0 cm³/mol. The van der Waals surface area contributed by atoms with Crippen molar-refractivity contribution in [3.05, 3.63) is 30.1 Å². The van der Waals surface area contributed by atoms with Gasteiger partial charge in [0.1, 0.15) is 0 Å². The molecule has 0 aliphatic carbocycles. The molecule has 1 aliphatic rings. The summed E-state index contributed by atoms with van der Waals surface area (Å²) in [7, 11) is 0. The van der Waals surface area contributed by atoms with E-state index in [1.165, 1.54) is 0 Å². The monoisotopic (exact) mass is 247 g/mol. The highest BCUT2D eigenvalue weighted by atomic mass is 16.2. The van der Waals surface area contributed by atoms with Crippen LogP contribution in [0.3, 0.4) is 0 Å². The first-order chi connectivity index (χ1) is 8.59. The van der Waals surface area contributed by atoms with Crippen LogP contribution in [0.25, 0.3) is 0 Å². The molecule has 1 amide bonds. The van der Waals surface area contributed by atoms with Crippen molar-refractivity contribution in [2.24, 2.45) is 0 Å². The fourth-order valence-corrected chi connectivity index (χ4v) is 2.47. The molecule has 2 unspecified atom stereocenters. The number of hydrogen-bond acceptors (Lipinski definition) is 3. The van der Waals surface area contributed by atoms with Crippen LogP contribution in [0.5, 0.6) is 0 Å². The van der Waals surface area contributed by atoms with E-state index in [2.05, 4.69) is 31.1 Å². The molecule has 2 atom stereocenters. The Morgan fingerprint density at radius 2 is 2.00 bits per heavy atom. The zero-order valence-electron chi connectivity index (χ0n) is 11.3. The first kappa shape index (κ1) is 13.0. The topological polar surface area (TPSA) is 45.2 Å². The van der Waals surface area contributed by atoms with Crippen molar-refractivity contribution in [2.75, 3.05) is 6.54 Å². The minimum Gasteiger partial charge on any atom is -0.335 e. The number of nitrogens with one attached hydrogen (secondary N) is 1. The number of hydrogen-bond donors (Lipinski definition) is 1. The van der Waals surface area contributed by atoms with Crippen molar-refractivity contribution in [2.45, 2.75) is 45.3 Å². The molecule has 18 heavy (non-hydrogen) atoms. The number of aromatic nitrogens is 1. The van der Waals surface area contributed by atoms with Crippen molar-refractivity contribution in [1.82, 2.24) is 15.2 Å². The fraction of sp³-hybridized carbons (Fsp3) is 0.571. The largest absolute Gasteiger partial charge is 0.335 e. The van der Waals surface area contributed by atoms with Gasteiger partial charge in [0.2, 0.25) is 5.91 Å². The van der Waals surface area contributed by atoms with Gasteiger partial charge in [0, 0.05) is 25.0 Å². The van der Waals surface area contributed by atoms with Crippen LogP contribution in [-0.4, -0.2) is 34.4 Å². The molecule has 2 rings (SSSR count). The zero-order chi connectivity index (χ0) is 13.1. The Balaban J connectivity index is 2.05. The van der Waals surface area contributed by atoms with Crippen LogP contribution in [0.4, 0.5) is 0 Å². The summed E-state index contributed by atoms with van der Waals surface area (Å²) in [5.41, 5.74) is 1.14. The van der Waals surface area contributed by atoms with Crippen LogP contribution in [0.2, 0.25) is 0 Å². The van der Waals surface area contributed by atoms with E-state index in [1.807, 2.05) is 17.0 Å². The fourth-order valence-electron chi connectivity index (χ4n) is 2.47. The van der Waals surface area contributed by atoms with Crippen LogP contribution in [0.15, 0.2) is 24.5 Å². The molecule has 1 N–H and O–H groups in total. The molecular formula is C14H21N3O. The Bertz CT molecular complexity index is 405. The lowest BCUT2D eigenvalue weighted by Crippen LogP contribution is -2.42. The third-order valence-corrected chi connectivity index (χ3v) is 3.43. The van der Waals surface area contributed by atoms with Crippen LogP contribution in [0.1, 0.15) is 38.8 Å². The third kappa shape index (κ3) is 2.70. The van der Waals surface area contributed by atoms with Crippen LogP contribution in [0, 0.1) is 0 Å². The second-order valence-corrected chi connectivity index (χ2v) is 5.15. The highest BCUT2D eigenvalue weighted by Gasteiger charge is 2.34. The molecule has 1 aromatic heterocycles. The Morgan fingerprint density at radius 1 is 1.33 bits per heavy atom. The minimum absolute atomic E-state index is 0.0192. The lowest BCUT2D eigenvalue weighted by Gasteiger charge is -2.25. The summed E-state index contributed by atoms with van der Waals surface area (Å²) in [6.07, 6.45) is 4.44. The van der Waals surface area contributed by atoms with E-state index in [4.69, 9.17) is 0 Å². The SMILES string of the molecule is CC(C)NC1CCN(C(C)c2ccncc2)C1=O. The summed E-state index contributed by atoms with van der Waals surface area (Å²) >= 11 is 0. The van der Waals surface area contributed by atoms with Crippen molar-refractivity contribution in [3.8, 4) is 0 Å². The first-order valence-corrected chi connectivity index (χ1v) is 6.56. The van der Waals surface area contributed by atoms with Gasteiger partial charge in [-0.25, -0.2) is 0 Å². The van der Waals surface area contributed by atoms with Crippen molar-refractivity contribution in [1.29, 1.82) is 0 Å². The maximum atomic E-state index is 12.3. The maximum absolute atomic E-state index is 12.3. The van der Waals surface area contributed by atoms with E-state index >= 15 is 0 Å². The van der Waals surface area contributed by atoms with Gasteiger partial charge in [-0.1, -0.05) is 13.8 Å². The van der Waals surface area contributed by atoms with Crippen molar-refractivity contribution >= 4 is 5.91 Å². The van der Waals surface area contributed by atoms with Crippen LogP contribution >= 0.6 is 0 Å². The molecule has 0 saturated carbocycles. The van der Waals surface area contributed by atoms with Crippen LogP contribution < -0.4 is 5.32 Å². The first-order valence-electron chi connectivity index (χ1n) is 6.56. The molecule has 4 nitrogen and oxygen atoms in total. The van der Waals surface area contributed by atoms with Gasteiger partial charge in [0.05, 0.1) is 12.1 Å². The minimum atomic E-state index is -0.0192. The Labute approximate surface area is 108 Å². The lowest BCUT2D eigenvalue weighted by atomic mass is 10.1. The average Bonchev–Trinajstić information content (AvgIpc) is 2.71. The van der Waals surface area contributed by atoms with E-state index < -0.39 is 0 Å². The average molecular weight is 247 g/mol. The Kier molecular flexibility index (Phi) is 3.97. The number of likely N-dealkylation sites (tertiary alicyclic amines) is 1. The second-order valence-electron chi connectivity index (χ2n) is 5.15. The lowest BCUT2D eigenvalue weighted by molar-refractivity contribution is -0.131. The highest BCUT2D eigenvalue weighted by molar-refractivity contribution is 5.84. The molecule has 1 fully saturated rings. The molecule has 0 radical (unpaired) electrons. The van der Waals surface area contributed by atoms with Crippen molar-refractivity contribution in [3.63, 3.8) is 0 Å². The van der Waals surface area contributed by atoms with E-state index in [0.717, 1.165) is 18.5 Å². The molecule has 2 heterocycles. The van der Waals surface area contributed by atoms with E-state index in [0.29, 0.717) is 6.04 Å². The summed E-state index contributed by atoms with van der Waals surface area (Å²) in [6.45, 7) is 7.04. The third-order valence-electron chi connectivity index (χ3n) is 3.43. The number of carbonyl (C=O) groups is 1. The zero-order valence-corrected chi connectivity index (χ0v) is 11.3. The summed E-state index contributed by atoms with van der Waals surface area (Å²) in [4.78, 5) is 18.3. The van der Waals surface area contributed by atoms with Crippen LogP contribution in [-0.2, 0) is 4.79 Å². The van der Waals surface area contributed by atoms with Gasteiger partial charge in [0.25, 0.3) is 0 Å². The molecule has 0 aromatic carbocycles. The number of nitrogens with zero attached hydrogens (tertiary/aromatic N) is 2. The summed E-state index contributed by atoms with van der Waals surface area (Å²) < 4.78 is 0. The van der Waals surface area contributed by atoms with E-state index in [-0.39, 0.29) is 18.0 Å². The molecular weight excluding hydrogens is 226 g/mol. The molecule has 1 saturated heterocycles. The Morgan fingerprint density at radius 3 is 2.61 bits per heavy atom. The van der Waals surface area contributed by atoms with E-state index in [1.54, 1.807) is 12.4 Å². The normalized spacial score (nSPS) is 21.7. The van der Waals surface area contributed by atoms with Gasteiger partial charge in [0.15, 0.2) is 0 Å². The van der Waals surface area contributed by atoms with Gasteiger partial charge >= 0.3 is 0 Å². The summed E-state index contributed by atoms with van der Waals surface area (Å²) in [5, 5.41) is 3.32. The van der Waals surface area contributed by atoms with Gasteiger partial charge in [-0.15, -0.1) is 0 Å². The number of carbonyl (C=O) groups excluding carboxylic acids is 1. The predicted octanol–water partition coefficient (Wildman–Crippen LogP) is 1.74. The van der Waals surface area contributed by atoms with Gasteiger partial charge < -0.3 is 10.2 Å². The van der Waals surface area contributed by atoms with E-state index in [9.17, 15) is 4.79 Å². The smallest absolute Gasteiger partial charge is 0.240 e. The number of amides is 1. The van der Waals surface area contributed by atoms with Crippen molar-refractivity contribution < 1.29 is 4.79 Å². The standard InChI is InChI=1S/C14H21N3O/c1-10(2)16-13-6-9-17(14(13)18)11(3)12-4-7-15-8-5-12/h4-5,7-8,10-11,13,16H,6,9H2,1-3H3. The highest BCUT2D eigenvalue weighted by Crippen LogP contribution is 2.25. The molecule has 0 spiro atoms. The number of pyridine rings is 1. The molecule has 98 valence electrons. The summed E-state index contributed by atoms with van der Waals surface area (Å²) in [5.74, 6) is 0.216. The van der Waals surface area contributed by atoms with Gasteiger partial charge in [-0.2, -0.15) is 0 Å². The van der Waals surface area contributed by atoms with Gasteiger partial charge in [-0.3, -0.25) is 9.78 Å².